The van der Waals surface area contributed by atoms with Crippen molar-refractivity contribution >= 4 is 14.4 Å². The number of allylic oxidation sites excluding steroid dienone is 8. The molecule has 0 amide bonds. The van der Waals surface area contributed by atoms with Gasteiger partial charge in [0.1, 0.15) is 0 Å². The van der Waals surface area contributed by atoms with Crippen LogP contribution in [-0.2, 0) is 32.1 Å². The summed E-state index contributed by atoms with van der Waals surface area (Å²) < 4.78 is 4.13. The Labute approximate surface area is 282 Å². The normalized spacial score (nSPS) is 20.6. The van der Waals surface area contributed by atoms with Crippen LogP contribution >= 0.6 is 0 Å². The average Bonchev–Trinajstić information content (AvgIpc) is 3.50. The quantitative estimate of drug-likeness (QED) is 0.412. The molecule has 1 unspecified atom stereocenters. The Balaban J connectivity index is 0.00000212. The third-order valence-electron chi connectivity index (χ3n) is 10.5. The average molecular weight is 693 g/mol. The van der Waals surface area contributed by atoms with E-state index >= 15 is 0 Å². The number of fused-ring (bicyclic) bond motifs is 5. The molecule has 0 fully saturated rings. The first kappa shape index (κ1) is 34.6. The van der Waals surface area contributed by atoms with Gasteiger partial charge in [-0.25, -0.2) is 0 Å². The summed E-state index contributed by atoms with van der Waals surface area (Å²) in [6.45, 7) is 31.4. The zero-order valence-corrected chi connectivity index (χ0v) is 32.6. The summed E-state index contributed by atoms with van der Waals surface area (Å²) in [5.41, 5.74) is 18.8. The molecule has 0 saturated carbocycles. The molecule has 4 aliphatic carbocycles. The van der Waals surface area contributed by atoms with Gasteiger partial charge in [-0.15, -0.1) is 0 Å². The standard InChI is InChI=1S/C25H25.C12H19.C3H6.2ClH.Zr/c1-14-12-24(3,4)22-8-16-7-17-9-23-19(15(2)13-25(23,5)6)11-21(17)20(16)10-18(14)22;1-6-10-7-9(2)8-11(10)12(3,4)5;1-3-2;;;/h7-13H,1-6H3;8-9H,6H2,1-5H3;1-2H3;2*1H;/q;;;;;+2/p-2. The van der Waals surface area contributed by atoms with E-state index < -0.39 is 21.3 Å². The summed E-state index contributed by atoms with van der Waals surface area (Å²) in [5, 5.41) is 0. The fourth-order valence-electron chi connectivity index (χ4n) is 8.83. The van der Waals surface area contributed by atoms with Crippen molar-refractivity contribution in [3.63, 3.8) is 0 Å². The Morgan fingerprint density at radius 3 is 1.58 bits per heavy atom. The number of rotatable bonds is 3. The minimum absolute atomic E-state index is 0. The minimum Gasteiger partial charge on any atom is -1.00 e. The van der Waals surface area contributed by atoms with Gasteiger partial charge >= 0.3 is 259 Å². The Hall–Kier alpha value is -1.27. The Kier molecular flexibility index (Phi) is 9.02. The van der Waals surface area contributed by atoms with E-state index in [-0.39, 0.29) is 41.1 Å². The van der Waals surface area contributed by atoms with Crippen molar-refractivity contribution in [2.24, 2.45) is 11.3 Å². The molecule has 2 aromatic rings. The van der Waals surface area contributed by atoms with Crippen LogP contribution in [0.25, 0.3) is 22.3 Å². The topological polar surface area (TPSA) is 0 Å². The third-order valence-corrected chi connectivity index (χ3v) is 19.4. The first-order valence-corrected chi connectivity index (χ1v) is 19.8. The van der Waals surface area contributed by atoms with Crippen LogP contribution in [0.3, 0.4) is 0 Å². The monoisotopic (exact) mass is 690 g/mol. The second kappa shape index (κ2) is 11.2. The Morgan fingerprint density at radius 2 is 1.21 bits per heavy atom. The van der Waals surface area contributed by atoms with Crippen LogP contribution in [0.1, 0.15) is 133 Å². The SMILES string of the molecule is CCC1=[C]([Zr+2](=[C](C)C)[CH]2c3cc4c(cc3-c3cc5c(cc32)C(C)(C)C=C5C)C(C)=CC4(C)C)C(C)C=C1C(C)(C)C.[Cl-].[Cl-]. The van der Waals surface area contributed by atoms with Crippen molar-refractivity contribution in [3.8, 4) is 11.1 Å². The minimum atomic E-state index is -2.41. The van der Waals surface area contributed by atoms with Crippen LogP contribution in [0.2, 0.25) is 0 Å². The maximum absolute atomic E-state index is 2.68. The van der Waals surface area contributed by atoms with Gasteiger partial charge in [0.2, 0.25) is 0 Å². The molecule has 43 heavy (non-hydrogen) atoms. The van der Waals surface area contributed by atoms with Gasteiger partial charge in [0.25, 0.3) is 0 Å². The van der Waals surface area contributed by atoms with E-state index in [1.54, 1.807) is 25.5 Å². The van der Waals surface area contributed by atoms with Crippen LogP contribution in [-0.4, -0.2) is 3.21 Å². The van der Waals surface area contributed by atoms with Crippen molar-refractivity contribution in [2.45, 2.75) is 111 Å². The molecule has 0 N–H and O–H groups in total. The molecule has 0 saturated heterocycles. The molecule has 6 rings (SSSR count). The molecule has 1 atom stereocenters. The summed E-state index contributed by atoms with van der Waals surface area (Å²) in [6.07, 6.45) is 8.78. The molecule has 0 bridgehead atoms. The molecule has 228 valence electrons. The fourth-order valence-corrected chi connectivity index (χ4v) is 18.0. The zero-order valence-electron chi connectivity index (χ0n) is 28.7. The van der Waals surface area contributed by atoms with Crippen molar-refractivity contribution in [1.29, 1.82) is 0 Å². The van der Waals surface area contributed by atoms with Crippen LogP contribution in [0, 0.1) is 11.3 Å². The molecule has 0 radical (unpaired) electrons. The van der Waals surface area contributed by atoms with E-state index in [1.807, 2.05) is 3.28 Å². The Morgan fingerprint density at radius 1 is 0.767 bits per heavy atom. The van der Waals surface area contributed by atoms with Gasteiger partial charge in [-0.3, -0.25) is 0 Å². The molecule has 0 aliphatic heterocycles. The first-order valence-electron chi connectivity index (χ1n) is 15.9. The summed E-state index contributed by atoms with van der Waals surface area (Å²) >= 11 is -2.41. The summed E-state index contributed by atoms with van der Waals surface area (Å²) in [6, 6.07) is 10.5. The van der Waals surface area contributed by atoms with Crippen molar-refractivity contribution in [2.75, 3.05) is 0 Å². The van der Waals surface area contributed by atoms with E-state index in [0.717, 1.165) is 6.42 Å². The van der Waals surface area contributed by atoms with Gasteiger partial charge in [-0.1, -0.05) is 0 Å². The van der Waals surface area contributed by atoms with Gasteiger partial charge in [-0.2, -0.15) is 0 Å². The van der Waals surface area contributed by atoms with Crippen molar-refractivity contribution in [1.82, 2.24) is 0 Å². The second-order valence-electron chi connectivity index (χ2n) is 15.8. The zero-order chi connectivity index (χ0) is 30.0. The molecule has 0 aromatic heterocycles. The molecule has 3 heteroatoms. The first-order chi connectivity index (χ1) is 19.0. The van der Waals surface area contributed by atoms with Crippen molar-refractivity contribution in [3.05, 3.63) is 90.3 Å². The van der Waals surface area contributed by atoms with Gasteiger partial charge in [0.15, 0.2) is 0 Å². The number of hydrogen-bond donors (Lipinski definition) is 0. The van der Waals surface area contributed by atoms with E-state index in [9.17, 15) is 0 Å². The van der Waals surface area contributed by atoms with Gasteiger partial charge in [0.05, 0.1) is 0 Å². The number of halogens is 2. The maximum atomic E-state index is 2.68. The van der Waals surface area contributed by atoms with Crippen LogP contribution in [0.15, 0.2) is 56.9 Å². The van der Waals surface area contributed by atoms with Crippen LogP contribution < -0.4 is 24.8 Å². The predicted molar refractivity (Wildman–Crippen MR) is 177 cm³/mol. The number of hydrogen-bond acceptors (Lipinski definition) is 0. The third kappa shape index (κ3) is 5.17. The van der Waals surface area contributed by atoms with Gasteiger partial charge in [0, 0.05) is 0 Å². The fraction of sp³-hybridized carbons (Fsp3) is 0.475. The van der Waals surface area contributed by atoms with Crippen LogP contribution in [0.4, 0.5) is 0 Å². The molecule has 4 aliphatic rings. The molecule has 2 aromatic carbocycles. The van der Waals surface area contributed by atoms with Crippen LogP contribution in [0.5, 0.6) is 0 Å². The smallest absolute Gasteiger partial charge is 1.00 e. The van der Waals surface area contributed by atoms with E-state index in [2.05, 4.69) is 133 Å². The molecule has 0 nitrogen and oxygen atoms in total. The molecule has 0 heterocycles. The molecular formula is C40H50Cl2Zr. The Bertz CT molecular complexity index is 1600. The summed E-state index contributed by atoms with van der Waals surface area (Å²) in [5.74, 6) is 0.542. The van der Waals surface area contributed by atoms with E-state index in [0.29, 0.717) is 9.54 Å². The second-order valence-corrected chi connectivity index (χ2v) is 23.0. The predicted octanol–water partition coefficient (Wildman–Crippen LogP) is 5.27. The van der Waals surface area contributed by atoms with Crippen molar-refractivity contribution < 1.29 is 46.1 Å². The van der Waals surface area contributed by atoms with Gasteiger partial charge < -0.3 is 24.8 Å². The maximum Gasteiger partial charge on any atom is -1.00 e. The largest absolute Gasteiger partial charge is 1.00 e. The summed E-state index contributed by atoms with van der Waals surface area (Å²) in [7, 11) is 0. The molecular weight excluding hydrogens is 643 g/mol. The van der Waals surface area contributed by atoms with Gasteiger partial charge in [-0.05, 0) is 0 Å². The summed E-state index contributed by atoms with van der Waals surface area (Å²) in [4.78, 5) is 0. The molecule has 0 spiro atoms. The van der Waals surface area contributed by atoms with E-state index in [1.165, 1.54) is 44.5 Å². The number of benzene rings is 2. The van der Waals surface area contributed by atoms with E-state index in [4.69, 9.17) is 0 Å².